The molecule has 0 aliphatic carbocycles. The summed E-state index contributed by atoms with van der Waals surface area (Å²) in [5.74, 6) is 0.516. The Bertz CT molecular complexity index is 324. The Balaban J connectivity index is 2.60. The molecular weight excluding hydrogens is 226 g/mol. The third-order valence-corrected chi connectivity index (χ3v) is 5.08. The van der Waals surface area contributed by atoms with Gasteiger partial charge in [-0.2, -0.15) is 0 Å². The Morgan fingerprint density at radius 3 is 2.50 bits per heavy atom. The smallest absolute Gasteiger partial charge is 0.214 e. The number of rotatable bonds is 5. The molecule has 0 spiro atoms. The Hall–Kier alpha value is -0.130. The molecule has 1 saturated heterocycles. The second kappa shape index (κ2) is 5.02. The van der Waals surface area contributed by atoms with Crippen molar-refractivity contribution in [2.24, 2.45) is 11.3 Å². The van der Waals surface area contributed by atoms with Crippen LogP contribution in [-0.2, 0) is 10.0 Å². The summed E-state index contributed by atoms with van der Waals surface area (Å²) in [6.45, 7) is 7.47. The molecule has 16 heavy (non-hydrogen) atoms. The van der Waals surface area contributed by atoms with Crippen molar-refractivity contribution in [2.45, 2.75) is 33.6 Å². The van der Waals surface area contributed by atoms with E-state index in [1.54, 1.807) is 4.31 Å². The molecule has 1 atom stereocenters. The Morgan fingerprint density at radius 2 is 2.06 bits per heavy atom. The summed E-state index contributed by atoms with van der Waals surface area (Å²) in [7, 11) is -3.02. The van der Waals surface area contributed by atoms with E-state index in [0.717, 1.165) is 12.8 Å². The second-order valence-corrected chi connectivity index (χ2v) is 7.68. The van der Waals surface area contributed by atoms with Crippen molar-refractivity contribution in [3.63, 3.8) is 0 Å². The van der Waals surface area contributed by atoms with Crippen LogP contribution in [0.25, 0.3) is 0 Å². The molecule has 1 aliphatic heterocycles. The van der Waals surface area contributed by atoms with Crippen LogP contribution in [0, 0.1) is 11.3 Å². The van der Waals surface area contributed by atoms with E-state index in [2.05, 4.69) is 13.8 Å². The normalized spacial score (nSPS) is 26.1. The van der Waals surface area contributed by atoms with Crippen LogP contribution in [0.4, 0.5) is 0 Å². The summed E-state index contributed by atoms with van der Waals surface area (Å²) in [4.78, 5) is 0. The van der Waals surface area contributed by atoms with Crippen LogP contribution < -0.4 is 0 Å². The lowest BCUT2D eigenvalue weighted by Gasteiger charge is -2.29. The van der Waals surface area contributed by atoms with Crippen molar-refractivity contribution in [1.82, 2.24) is 4.31 Å². The molecule has 0 radical (unpaired) electrons. The van der Waals surface area contributed by atoms with Crippen LogP contribution in [0.3, 0.4) is 0 Å². The van der Waals surface area contributed by atoms with E-state index in [1.165, 1.54) is 0 Å². The Morgan fingerprint density at radius 1 is 1.44 bits per heavy atom. The van der Waals surface area contributed by atoms with Crippen LogP contribution in [0.15, 0.2) is 0 Å². The average molecular weight is 249 g/mol. The summed E-state index contributed by atoms with van der Waals surface area (Å²) >= 11 is 0. The maximum absolute atomic E-state index is 11.8. The van der Waals surface area contributed by atoms with Gasteiger partial charge in [0.2, 0.25) is 10.0 Å². The molecule has 0 aromatic rings. The molecule has 0 aromatic heterocycles. The fourth-order valence-corrected chi connectivity index (χ4v) is 4.32. The predicted molar refractivity (Wildman–Crippen MR) is 64.6 cm³/mol. The third kappa shape index (κ3) is 3.71. The SMILES string of the molecule is CC1CN(CC(C)(C)CCCO)S(=O)(=O)C1. The van der Waals surface area contributed by atoms with Gasteiger partial charge in [-0.1, -0.05) is 20.8 Å². The van der Waals surface area contributed by atoms with E-state index in [-0.39, 0.29) is 23.7 Å². The highest BCUT2D eigenvalue weighted by atomic mass is 32.2. The maximum Gasteiger partial charge on any atom is 0.214 e. The number of sulfonamides is 1. The first-order valence-corrected chi connectivity index (χ1v) is 7.46. The van der Waals surface area contributed by atoms with E-state index in [4.69, 9.17) is 5.11 Å². The number of aliphatic hydroxyl groups excluding tert-OH is 1. The van der Waals surface area contributed by atoms with Crippen molar-refractivity contribution in [3.05, 3.63) is 0 Å². The molecule has 0 amide bonds. The van der Waals surface area contributed by atoms with Gasteiger partial charge in [0.1, 0.15) is 0 Å². The minimum Gasteiger partial charge on any atom is -0.396 e. The van der Waals surface area contributed by atoms with Gasteiger partial charge in [0.15, 0.2) is 0 Å². The minimum absolute atomic E-state index is 0.0557. The van der Waals surface area contributed by atoms with E-state index >= 15 is 0 Å². The molecule has 4 nitrogen and oxygen atoms in total. The van der Waals surface area contributed by atoms with Crippen LogP contribution >= 0.6 is 0 Å². The largest absolute Gasteiger partial charge is 0.396 e. The molecule has 96 valence electrons. The molecule has 1 heterocycles. The summed E-state index contributed by atoms with van der Waals surface area (Å²) in [5, 5.41) is 8.80. The van der Waals surface area contributed by atoms with Crippen LogP contribution in [-0.4, -0.2) is 43.3 Å². The fraction of sp³-hybridized carbons (Fsp3) is 1.00. The first kappa shape index (κ1) is 13.9. The molecule has 0 saturated carbocycles. The lowest BCUT2D eigenvalue weighted by molar-refractivity contribution is 0.208. The lowest BCUT2D eigenvalue weighted by Crippen LogP contribution is -2.35. The minimum atomic E-state index is -3.02. The number of hydrogen-bond donors (Lipinski definition) is 1. The van der Waals surface area contributed by atoms with Gasteiger partial charge >= 0.3 is 0 Å². The van der Waals surface area contributed by atoms with Gasteiger partial charge in [-0.15, -0.1) is 0 Å². The number of nitrogens with zero attached hydrogens (tertiary/aromatic N) is 1. The van der Waals surface area contributed by atoms with Crippen molar-refractivity contribution in [1.29, 1.82) is 0 Å². The lowest BCUT2D eigenvalue weighted by atomic mass is 9.88. The van der Waals surface area contributed by atoms with Crippen molar-refractivity contribution >= 4 is 10.0 Å². The summed E-state index contributed by atoms with van der Waals surface area (Å²) < 4.78 is 25.2. The standard InChI is InChI=1S/C11H23NO3S/c1-10-7-12(16(14,15)8-10)9-11(2,3)5-4-6-13/h10,13H,4-9H2,1-3H3. The highest BCUT2D eigenvalue weighted by Crippen LogP contribution is 2.28. The van der Waals surface area contributed by atoms with Crippen LogP contribution in [0.2, 0.25) is 0 Å². The highest BCUT2D eigenvalue weighted by molar-refractivity contribution is 7.89. The molecule has 1 aliphatic rings. The maximum atomic E-state index is 11.8. The zero-order valence-corrected chi connectivity index (χ0v) is 11.3. The highest BCUT2D eigenvalue weighted by Gasteiger charge is 2.36. The van der Waals surface area contributed by atoms with Gasteiger partial charge in [-0.25, -0.2) is 12.7 Å². The average Bonchev–Trinajstić information content (AvgIpc) is 2.35. The van der Waals surface area contributed by atoms with Crippen LogP contribution in [0.5, 0.6) is 0 Å². The predicted octanol–water partition coefficient (Wildman–Crippen LogP) is 1.07. The molecule has 5 heteroatoms. The summed E-state index contributed by atoms with van der Waals surface area (Å²) in [6, 6.07) is 0. The summed E-state index contributed by atoms with van der Waals surface area (Å²) in [5.41, 5.74) is -0.0557. The second-order valence-electron chi connectivity index (χ2n) is 5.67. The Kier molecular flexibility index (Phi) is 4.37. The van der Waals surface area contributed by atoms with Gasteiger partial charge in [-0.05, 0) is 24.2 Å². The van der Waals surface area contributed by atoms with Gasteiger partial charge in [0.05, 0.1) is 5.75 Å². The molecule has 0 bridgehead atoms. The monoisotopic (exact) mass is 249 g/mol. The first-order chi connectivity index (χ1) is 7.27. The first-order valence-electron chi connectivity index (χ1n) is 5.85. The van der Waals surface area contributed by atoms with Crippen LogP contribution in [0.1, 0.15) is 33.6 Å². The van der Waals surface area contributed by atoms with E-state index in [0.29, 0.717) is 13.1 Å². The topological polar surface area (TPSA) is 57.6 Å². The van der Waals surface area contributed by atoms with Crippen molar-refractivity contribution < 1.29 is 13.5 Å². The third-order valence-electron chi connectivity index (χ3n) is 3.02. The number of hydrogen-bond acceptors (Lipinski definition) is 3. The van der Waals surface area contributed by atoms with Gasteiger partial charge < -0.3 is 5.11 Å². The van der Waals surface area contributed by atoms with Crippen molar-refractivity contribution in [2.75, 3.05) is 25.4 Å². The number of aliphatic hydroxyl groups is 1. The molecule has 1 unspecified atom stereocenters. The molecule has 0 aromatic carbocycles. The van der Waals surface area contributed by atoms with E-state index < -0.39 is 10.0 Å². The van der Waals surface area contributed by atoms with Crippen molar-refractivity contribution in [3.8, 4) is 0 Å². The molecule has 1 fully saturated rings. The quantitative estimate of drug-likeness (QED) is 0.793. The summed E-state index contributed by atoms with van der Waals surface area (Å²) in [6.07, 6.45) is 1.58. The van der Waals surface area contributed by atoms with Gasteiger partial charge in [-0.3, -0.25) is 0 Å². The molecule has 1 rings (SSSR count). The van der Waals surface area contributed by atoms with E-state index in [1.807, 2.05) is 6.92 Å². The zero-order valence-electron chi connectivity index (χ0n) is 10.4. The fourth-order valence-electron chi connectivity index (χ4n) is 2.26. The van der Waals surface area contributed by atoms with Gasteiger partial charge in [0.25, 0.3) is 0 Å². The zero-order chi connectivity index (χ0) is 12.4. The van der Waals surface area contributed by atoms with E-state index in [9.17, 15) is 8.42 Å². The van der Waals surface area contributed by atoms with Gasteiger partial charge in [0, 0.05) is 19.7 Å². The molecule has 1 N–H and O–H groups in total. The molecular formula is C11H23NO3S. The Labute approximate surface area is 98.7 Å².